The zero-order valence-electron chi connectivity index (χ0n) is 13.5. The molecule has 0 spiro atoms. The van der Waals surface area contributed by atoms with E-state index >= 15 is 0 Å². The lowest BCUT2D eigenvalue weighted by molar-refractivity contribution is 0.154. The largest absolute Gasteiger partial charge is 0.317 e. The van der Waals surface area contributed by atoms with Gasteiger partial charge >= 0.3 is 4.87 Å². The second kappa shape index (κ2) is 6.94. The van der Waals surface area contributed by atoms with Gasteiger partial charge in [-0.2, -0.15) is 0 Å². The van der Waals surface area contributed by atoms with Crippen LogP contribution in [-0.4, -0.2) is 35.1 Å². The number of benzene rings is 1. The summed E-state index contributed by atoms with van der Waals surface area (Å²) in [7, 11) is 1.85. The second-order valence-corrected chi connectivity index (χ2v) is 7.17. The average Bonchev–Trinajstić information content (AvgIpc) is 2.82. The molecular formula is C17H25N3OS. The van der Waals surface area contributed by atoms with Crippen LogP contribution in [0.4, 0.5) is 0 Å². The normalized spacial score (nSPS) is 16.7. The number of nitrogens with zero attached hydrogens (tertiary/aromatic N) is 2. The van der Waals surface area contributed by atoms with Crippen molar-refractivity contribution in [1.29, 1.82) is 0 Å². The van der Waals surface area contributed by atoms with Gasteiger partial charge in [0.25, 0.3) is 0 Å². The summed E-state index contributed by atoms with van der Waals surface area (Å²) < 4.78 is 2.84. The molecule has 1 aromatic heterocycles. The molecule has 0 amide bonds. The van der Waals surface area contributed by atoms with Crippen LogP contribution < -0.4 is 10.2 Å². The molecule has 0 aliphatic carbocycles. The van der Waals surface area contributed by atoms with Crippen molar-refractivity contribution >= 4 is 21.6 Å². The number of hydrogen-bond acceptors (Lipinski definition) is 4. The lowest BCUT2D eigenvalue weighted by Crippen LogP contribution is -2.43. The van der Waals surface area contributed by atoms with E-state index in [-0.39, 0.29) is 4.87 Å². The maximum Gasteiger partial charge on any atom is 0.307 e. The minimum atomic E-state index is 0.121. The summed E-state index contributed by atoms with van der Waals surface area (Å²) in [6, 6.07) is 7.16. The summed E-state index contributed by atoms with van der Waals surface area (Å²) in [5, 5.41) is 3.45. The Morgan fingerprint density at radius 1 is 1.36 bits per heavy atom. The van der Waals surface area contributed by atoms with Gasteiger partial charge in [0, 0.05) is 19.6 Å². The Hall–Kier alpha value is -1.17. The number of hydrogen-bond donors (Lipinski definition) is 1. The van der Waals surface area contributed by atoms with Crippen LogP contribution in [0.15, 0.2) is 23.0 Å². The summed E-state index contributed by atoms with van der Waals surface area (Å²) in [6.07, 6.45) is 3.66. The minimum absolute atomic E-state index is 0.121. The third kappa shape index (κ3) is 3.26. The van der Waals surface area contributed by atoms with Gasteiger partial charge < -0.3 is 9.88 Å². The van der Waals surface area contributed by atoms with Crippen LogP contribution in [0.25, 0.3) is 10.2 Å². The predicted octanol–water partition coefficient (Wildman–Crippen LogP) is 2.56. The van der Waals surface area contributed by atoms with E-state index in [1.54, 1.807) is 4.57 Å². The highest BCUT2D eigenvalue weighted by molar-refractivity contribution is 7.16. The zero-order chi connectivity index (χ0) is 15.5. The van der Waals surface area contributed by atoms with Crippen LogP contribution in [0.1, 0.15) is 31.7 Å². The molecule has 1 aliphatic heterocycles. The number of fused-ring (bicyclic) bond motifs is 1. The molecule has 22 heavy (non-hydrogen) atoms. The molecule has 1 N–H and O–H groups in total. The van der Waals surface area contributed by atoms with Gasteiger partial charge in [0.1, 0.15) is 0 Å². The van der Waals surface area contributed by atoms with E-state index < -0.39 is 0 Å². The van der Waals surface area contributed by atoms with Crippen LogP contribution in [0.5, 0.6) is 0 Å². The fourth-order valence-electron chi connectivity index (χ4n) is 3.36. The van der Waals surface area contributed by atoms with Gasteiger partial charge in [-0.05, 0) is 56.6 Å². The van der Waals surface area contributed by atoms with Crippen LogP contribution in [-0.2, 0) is 13.6 Å². The van der Waals surface area contributed by atoms with Crippen molar-refractivity contribution < 1.29 is 0 Å². The number of thiazole rings is 1. The van der Waals surface area contributed by atoms with E-state index in [4.69, 9.17) is 0 Å². The third-order valence-electron chi connectivity index (χ3n) is 4.58. The molecule has 2 aromatic rings. The smallest absolute Gasteiger partial charge is 0.307 e. The minimum Gasteiger partial charge on any atom is -0.317 e. The Morgan fingerprint density at radius 3 is 2.86 bits per heavy atom. The fraction of sp³-hybridized carbons (Fsp3) is 0.588. The highest BCUT2D eigenvalue weighted by Gasteiger charge is 2.20. The highest BCUT2D eigenvalue weighted by atomic mass is 32.1. The Kier molecular flexibility index (Phi) is 4.96. The molecule has 0 saturated carbocycles. The predicted molar refractivity (Wildman–Crippen MR) is 93.7 cm³/mol. The van der Waals surface area contributed by atoms with Gasteiger partial charge in [-0.1, -0.05) is 24.3 Å². The maximum absolute atomic E-state index is 11.8. The molecule has 1 aliphatic rings. The van der Waals surface area contributed by atoms with Gasteiger partial charge in [-0.3, -0.25) is 9.69 Å². The molecule has 0 atom stereocenters. The first kappa shape index (κ1) is 15.7. The van der Waals surface area contributed by atoms with Crippen LogP contribution in [0, 0.1) is 0 Å². The molecule has 3 rings (SSSR count). The second-order valence-electron chi connectivity index (χ2n) is 6.18. The van der Waals surface area contributed by atoms with E-state index in [9.17, 15) is 4.79 Å². The number of piperidine rings is 1. The summed E-state index contributed by atoms with van der Waals surface area (Å²) in [6.45, 7) is 6.65. The van der Waals surface area contributed by atoms with Gasteiger partial charge in [0.2, 0.25) is 0 Å². The first-order valence-corrected chi connectivity index (χ1v) is 9.04. The van der Waals surface area contributed by atoms with Crippen molar-refractivity contribution in [2.24, 2.45) is 7.05 Å². The Labute approximate surface area is 135 Å². The molecule has 1 fully saturated rings. The van der Waals surface area contributed by atoms with Crippen LogP contribution in [0.2, 0.25) is 0 Å². The summed E-state index contributed by atoms with van der Waals surface area (Å²) in [5.74, 6) is 0. The summed E-state index contributed by atoms with van der Waals surface area (Å²) >= 11 is 1.35. The maximum atomic E-state index is 11.8. The first-order chi connectivity index (χ1) is 10.7. The number of aromatic nitrogens is 1. The Balaban J connectivity index is 1.81. The molecule has 120 valence electrons. The molecule has 0 bridgehead atoms. The lowest BCUT2D eigenvalue weighted by atomic mass is 10.0. The standard InChI is InChI=1S/C17H25N3OS/c1-3-10-20(14-6-8-18-9-7-14)12-13-4-5-15-16(11-13)22-17(21)19(15)2/h4-5,11,14,18H,3,6-10,12H2,1-2H3. The molecule has 2 heterocycles. The van der Waals surface area contributed by atoms with Crippen LogP contribution in [0.3, 0.4) is 0 Å². The number of nitrogens with one attached hydrogen (secondary N) is 1. The number of aryl methyl sites for hydroxylation is 1. The molecule has 1 aromatic carbocycles. The molecule has 0 radical (unpaired) electrons. The topological polar surface area (TPSA) is 37.3 Å². The monoisotopic (exact) mass is 319 g/mol. The molecular weight excluding hydrogens is 294 g/mol. The lowest BCUT2D eigenvalue weighted by Gasteiger charge is -2.34. The van der Waals surface area contributed by atoms with Crippen molar-refractivity contribution in [2.75, 3.05) is 19.6 Å². The van der Waals surface area contributed by atoms with E-state index in [0.717, 1.165) is 36.4 Å². The van der Waals surface area contributed by atoms with E-state index in [0.29, 0.717) is 6.04 Å². The van der Waals surface area contributed by atoms with E-state index in [2.05, 4.69) is 35.3 Å². The first-order valence-electron chi connectivity index (χ1n) is 8.22. The Morgan fingerprint density at radius 2 is 2.14 bits per heavy atom. The van der Waals surface area contributed by atoms with Crippen molar-refractivity contribution in [2.45, 2.75) is 38.8 Å². The van der Waals surface area contributed by atoms with Crippen molar-refractivity contribution in [3.8, 4) is 0 Å². The quantitative estimate of drug-likeness (QED) is 0.920. The van der Waals surface area contributed by atoms with Crippen molar-refractivity contribution in [3.63, 3.8) is 0 Å². The molecule has 4 nitrogen and oxygen atoms in total. The van der Waals surface area contributed by atoms with Crippen molar-refractivity contribution in [1.82, 2.24) is 14.8 Å². The summed E-state index contributed by atoms with van der Waals surface area (Å²) in [4.78, 5) is 14.5. The van der Waals surface area contributed by atoms with Gasteiger partial charge in [-0.25, -0.2) is 0 Å². The van der Waals surface area contributed by atoms with Gasteiger partial charge in [0.05, 0.1) is 10.2 Å². The van der Waals surface area contributed by atoms with Crippen LogP contribution >= 0.6 is 11.3 Å². The van der Waals surface area contributed by atoms with E-state index in [1.165, 1.54) is 36.2 Å². The Bertz CT molecular complexity index is 685. The summed E-state index contributed by atoms with van der Waals surface area (Å²) in [5.41, 5.74) is 2.36. The molecule has 0 unspecified atom stereocenters. The third-order valence-corrected chi connectivity index (χ3v) is 5.57. The highest BCUT2D eigenvalue weighted by Crippen LogP contribution is 2.21. The number of rotatable bonds is 5. The average molecular weight is 319 g/mol. The van der Waals surface area contributed by atoms with Gasteiger partial charge in [-0.15, -0.1) is 0 Å². The molecule has 1 saturated heterocycles. The molecule has 5 heteroatoms. The van der Waals surface area contributed by atoms with E-state index in [1.807, 2.05) is 7.05 Å². The van der Waals surface area contributed by atoms with Crippen molar-refractivity contribution in [3.05, 3.63) is 33.4 Å². The SMILES string of the molecule is CCCN(Cc1ccc2c(c1)sc(=O)n2C)C1CCNCC1. The fourth-order valence-corrected chi connectivity index (χ4v) is 4.30. The van der Waals surface area contributed by atoms with Gasteiger partial charge in [0.15, 0.2) is 0 Å². The zero-order valence-corrected chi connectivity index (χ0v) is 14.3.